The highest BCUT2D eigenvalue weighted by Crippen LogP contribution is 2.79. The van der Waals surface area contributed by atoms with Gasteiger partial charge < -0.3 is 0 Å². The lowest BCUT2D eigenvalue weighted by Gasteiger charge is -2.57. The Balaban J connectivity index is 4.01. The van der Waals surface area contributed by atoms with Gasteiger partial charge in [-0.25, -0.2) is 4.39 Å². The molecule has 0 bridgehead atoms. The summed E-state index contributed by atoms with van der Waals surface area (Å²) in [7, 11) is 0. The van der Waals surface area contributed by atoms with E-state index in [1.807, 2.05) is 0 Å². The lowest BCUT2D eigenvalue weighted by atomic mass is 9.48. The summed E-state index contributed by atoms with van der Waals surface area (Å²) in [6.45, 7) is -0.904. The SMILES string of the molecule is CC1(C(F)(F)F)C(F)=C(C(F)(F)F)C1(C(F)(F)F)C(F)(F)F. The maximum atomic E-state index is 13.2. The van der Waals surface area contributed by atoms with Crippen molar-refractivity contribution in [2.75, 3.05) is 0 Å². The van der Waals surface area contributed by atoms with Crippen LogP contribution in [0.5, 0.6) is 0 Å². The first-order valence-corrected chi connectivity index (χ1v) is 4.96. The van der Waals surface area contributed by atoms with Crippen LogP contribution in [-0.4, -0.2) is 24.7 Å². The van der Waals surface area contributed by atoms with E-state index in [-0.39, 0.29) is 0 Å². The van der Waals surface area contributed by atoms with Gasteiger partial charge in [-0.3, -0.25) is 0 Å². The molecule has 0 saturated heterocycles. The molecule has 13 heteroatoms. The molecular weight excluding hydrogens is 355 g/mol. The fourth-order valence-corrected chi connectivity index (χ4v) is 2.45. The van der Waals surface area contributed by atoms with Crippen molar-refractivity contribution >= 4 is 0 Å². The zero-order chi connectivity index (χ0) is 18.2. The predicted octanol–water partition coefficient (Wildman–Crippen LogP) is 5.47. The lowest BCUT2D eigenvalue weighted by Crippen LogP contribution is -2.73. The number of rotatable bonds is 0. The number of alkyl halides is 12. The standard InChI is InChI=1S/C9H3F13/c1-4(7(14,15)16)3(10)2(6(11,12)13)5(4,8(17,18)19)9(20,21)22/h1H3. The van der Waals surface area contributed by atoms with Crippen LogP contribution in [0, 0.1) is 10.8 Å². The molecule has 22 heavy (non-hydrogen) atoms. The number of halogens is 13. The second kappa shape index (κ2) is 4.22. The van der Waals surface area contributed by atoms with Gasteiger partial charge in [-0.1, -0.05) is 0 Å². The molecule has 0 radical (unpaired) electrons. The highest BCUT2D eigenvalue weighted by atomic mass is 19.4. The van der Waals surface area contributed by atoms with Crippen molar-refractivity contribution in [2.24, 2.45) is 10.8 Å². The summed E-state index contributed by atoms with van der Waals surface area (Å²) in [5.74, 6) is -3.55. The number of hydrogen-bond acceptors (Lipinski definition) is 0. The molecule has 0 N–H and O–H groups in total. The predicted molar refractivity (Wildman–Crippen MR) is 42.9 cm³/mol. The van der Waals surface area contributed by atoms with Gasteiger partial charge >= 0.3 is 24.7 Å². The van der Waals surface area contributed by atoms with Crippen molar-refractivity contribution in [3.05, 3.63) is 11.4 Å². The van der Waals surface area contributed by atoms with Crippen LogP contribution in [0.25, 0.3) is 0 Å². The van der Waals surface area contributed by atoms with Gasteiger partial charge in [-0.2, -0.15) is 52.7 Å². The summed E-state index contributed by atoms with van der Waals surface area (Å²) in [6.07, 6.45) is -27.3. The van der Waals surface area contributed by atoms with Crippen molar-refractivity contribution in [3.63, 3.8) is 0 Å². The maximum absolute atomic E-state index is 13.2. The van der Waals surface area contributed by atoms with Gasteiger partial charge in [0.2, 0.25) is 5.41 Å². The fraction of sp³-hybridized carbons (Fsp3) is 0.778. The Labute approximate surface area is 112 Å². The summed E-state index contributed by atoms with van der Waals surface area (Å²) >= 11 is 0. The third-order valence-electron chi connectivity index (χ3n) is 3.48. The minimum absolute atomic E-state index is 0.904. The molecule has 0 aromatic carbocycles. The third-order valence-corrected chi connectivity index (χ3v) is 3.48. The molecule has 1 atom stereocenters. The monoisotopic (exact) mass is 358 g/mol. The van der Waals surface area contributed by atoms with Gasteiger partial charge in [0.05, 0.1) is 5.57 Å². The summed E-state index contributed by atoms with van der Waals surface area (Å²) in [6, 6.07) is 0. The Hall–Kier alpha value is -1.17. The Morgan fingerprint density at radius 1 is 0.636 bits per heavy atom. The smallest absolute Gasteiger partial charge is 0.210 e. The molecule has 0 heterocycles. The summed E-state index contributed by atoms with van der Waals surface area (Å²) in [5, 5.41) is 0. The number of hydrogen-bond donors (Lipinski definition) is 0. The molecule has 0 fully saturated rings. The molecule has 0 nitrogen and oxygen atoms in total. The summed E-state index contributed by atoms with van der Waals surface area (Å²) in [4.78, 5) is 0. The molecule has 1 unspecified atom stereocenters. The topological polar surface area (TPSA) is 0 Å². The van der Waals surface area contributed by atoms with Gasteiger partial charge in [0, 0.05) is 0 Å². The van der Waals surface area contributed by atoms with Gasteiger partial charge in [-0.15, -0.1) is 0 Å². The molecule has 1 aliphatic rings. The van der Waals surface area contributed by atoms with Gasteiger partial charge in [0.25, 0.3) is 0 Å². The Bertz CT molecular complexity index is 482. The Morgan fingerprint density at radius 2 is 0.955 bits per heavy atom. The molecule has 0 spiro atoms. The second-order valence-electron chi connectivity index (χ2n) is 4.56. The van der Waals surface area contributed by atoms with Crippen molar-refractivity contribution in [2.45, 2.75) is 31.6 Å². The van der Waals surface area contributed by atoms with Gasteiger partial charge in [0.15, 0.2) is 0 Å². The molecule has 0 aliphatic heterocycles. The fourth-order valence-electron chi connectivity index (χ4n) is 2.45. The second-order valence-corrected chi connectivity index (χ2v) is 4.56. The van der Waals surface area contributed by atoms with E-state index in [1.165, 1.54) is 0 Å². The zero-order valence-electron chi connectivity index (χ0n) is 9.91. The van der Waals surface area contributed by atoms with E-state index < -0.39 is 53.9 Å². The lowest BCUT2D eigenvalue weighted by molar-refractivity contribution is -0.422. The molecule has 0 saturated carbocycles. The highest BCUT2D eigenvalue weighted by Gasteiger charge is 2.95. The van der Waals surface area contributed by atoms with E-state index in [0.717, 1.165) is 0 Å². The van der Waals surface area contributed by atoms with E-state index in [0.29, 0.717) is 0 Å². The minimum Gasteiger partial charge on any atom is -0.210 e. The van der Waals surface area contributed by atoms with Crippen molar-refractivity contribution in [3.8, 4) is 0 Å². The maximum Gasteiger partial charge on any atom is 0.416 e. The molecule has 1 rings (SSSR count). The quantitative estimate of drug-likeness (QED) is 0.504. The molecule has 0 aromatic rings. The Kier molecular flexibility index (Phi) is 3.62. The van der Waals surface area contributed by atoms with Crippen LogP contribution >= 0.6 is 0 Å². The van der Waals surface area contributed by atoms with Crippen LogP contribution in [0.3, 0.4) is 0 Å². The molecule has 130 valence electrons. The largest absolute Gasteiger partial charge is 0.416 e. The van der Waals surface area contributed by atoms with E-state index >= 15 is 0 Å². The van der Waals surface area contributed by atoms with Crippen molar-refractivity contribution < 1.29 is 57.1 Å². The minimum atomic E-state index is -7.09. The molecule has 0 amide bonds. The first kappa shape index (κ1) is 18.9. The van der Waals surface area contributed by atoms with Gasteiger partial charge in [0.1, 0.15) is 11.2 Å². The Morgan fingerprint density at radius 3 is 1.14 bits per heavy atom. The van der Waals surface area contributed by atoms with E-state index in [4.69, 9.17) is 0 Å². The van der Waals surface area contributed by atoms with E-state index in [1.54, 1.807) is 0 Å². The van der Waals surface area contributed by atoms with Gasteiger partial charge in [-0.05, 0) is 6.92 Å². The summed E-state index contributed by atoms with van der Waals surface area (Å²) < 4.78 is 164. The van der Waals surface area contributed by atoms with Crippen molar-refractivity contribution in [1.82, 2.24) is 0 Å². The normalized spacial score (nSPS) is 27.0. The highest BCUT2D eigenvalue weighted by molar-refractivity contribution is 5.48. The number of allylic oxidation sites excluding steroid dienone is 2. The van der Waals surface area contributed by atoms with Crippen LogP contribution in [0.2, 0.25) is 0 Å². The van der Waals surface area contributed by atoms with Crippen molar-refractivity contribution in [1.29, 1.82) is 0 Å². The first-order valence-electron chi connectivity index (χ1n) is 4.96. The molecule has 0 aromatic heterocycles. The van der Waals surface area contributed by atoms with Crippen LogP contribution < -0.4 is 0 Å². The van der Waals surface area contributed by atoms with Crippen LogP contribution in [0.4, 0.5) is 57.1 Å². The van der Waals surface area contributed by atoms with E-state index in [9.17, 15) is 57.1 Å². The first-order chi connectivity index (χ1) is 9.28. The zero-order valence-corrected chi connectivity index (χ0v) is 9.91. The average Bonchev–Trinajstić information content (AvgIpc) is 2.15. The third kappa shape index (κ3) is 1.85. The van der Waals surface area contributed by atoms with Crippen LogP contribution in [-0.2, 0) is 0 Å². The molecular formula is C9H3F13. The van der Waals surface area contributed by atoms with Crippen LogP contribution in [0.1, 0.15) is 6.92 Å². The average molecular weight is 358 g/mol. The molecule has 1 aliphatic carbocycles. The van der Waals surface area contributed by atoms with Crippen LogP contribution in [0.15, 0.2) is 11.4 Å². The van der Waals surface area contributed by atoms with E-state index in [2.05, 4.69) is 0 Å². The summed E-state index contributed by atoms with van der Waals surface area (Å²) in [5.41, 5.74) is -15.8.